The van der Waals surface area contributed by atoms with E-state index in [1.54, 1.807) is 0 Å². The fourth-order valence-corrected chi connectivity index (χ4v) is 2.32. The van der Waals surface area contributed by atoms with Crippen molar-refractivity contribution in [2.75, 3.05) is 11.9 Å². The molecule has 3 unspecified atom stereocenters. The first kappa shape index (κ1) is 14.3. The molecule has 1 aromatic heterocycles. The van der Waals surface area contributed by atoms with E-state index in [1.807, 2.05) is 19.2 Å². The Morgan fingerprint density at radius 2 is 2.16 bits per heavy atom. The molecule has 1 heterocycles. The van der Waals surface area contributed by atoms with Crippen LogP contribution < -0.4 is 11.1 Å². The van der Waals surface area contributed by atoms with Gasteiger partial charge < -0.3 is 15.8 Å². The number of ether oxygens (including phenoxy) is 1. The minimum atomic E-state index is 0.131. The first-order valence-electron chi connectivity index (χ1n) is 7.02. The van der Waals surface area contributed by atoms with Crippen molar-refractivity contribution in [1.29, 1.82) is 0 Å². The molecule has 3 atom stereocenters. The van der Waals surface area contributed by atoms with Gasteiger partial charge in [0, 0.05) is 18.8 Å². The summed E-state index contributed by atoms with van der Waals surface area (Å²) in [5.41, 5.74) is 7.38. The molecule has 0 spiro atoms. The van der Waals surface area contributed by atoms with Gasteiger partial charge in [0.15, 0.2) is 0 Å². The van der Waals surface area contributed by atoms with Crippen LogP contribution in [0.2, 0.25) is 0 Å². The Kier molecular flexibility index (Phi) is 4.11. The highest BCUT2D eigenvalue weighted by molar-refractivity contribution is 5.40. The Bertz CT molecular complexity index is 408. The molecule has 1 aliphatic rings. The second kappa shape index (κ2) is 5.47. The van der Waals surface area contributed by atoms with Gasteiger partial charge in [-0.25, -0.2) is 4.98 Å². The van der Waals surface area contributed by atoms with E-state index < -0.39 is 0 Å². The van der Waals surface area contributed by atoms with E-state index in [9.17, 15) is 0 Å². The molecular formula is C15H25N3O. The average Bonchev–Trinajstić information content (AvgIpc) is 2.35. The first-order chi connectivity index (χ1) is 8.91. The van der Waals surface area contributed by atoms with Gasteiger partial charge in [-0.15, -0.1) is 0 Å². The Morgan fingerprint density at radius 1 is 1.42 bits per heavy atom. The highest BCUT2D eigenvalue weighted by Crippen LogP contribution is 2.27. The lowest BCUT2D eigenvalue weighted by molar-refractivity contribution is -0.0127. The van der Waals surface area contributed by atoms with Crippen LogP contribution in [0.1, 0.15) is 39.7 Å². The Balaban J connectivity index is 1.99. The minimum Gasteiger partial charge on any atom is -0.376 e. The Labute approximate surface area is 115 Å². The fourth-order valence-electron chi connectivity index (χ4n) is 2.32. The van der Waals surface area contributed by atoms with Crippen LogP contribution in [0.4, 0.5) is 5.82 Å². The minimum absolute atomic E-state index is 0.131. The Hall–Kier alpha value is -1.13. The quantitative estimate of drug-likeness (QED) is 0.875. The molecule has 3 N–H and O–H groups in total. The van der Waals surface area contributed by atoms with Crippen molar-refractivity contribution in [2.45, 2.75) is 57.7 Å². The largest absolute Gasteiger partial charge is 0.376 e. The first-order valence-corrected chi connectivity index (χ1v) is 7.02. The van der Waals surface area contributed by atoms with Crippen LogP contribution in [-0.4, -0.2) is 29.8 Å². The van der Waals surface area contributed by atoms with Gasteiger partial charge >= 0.3 is 0 Å². The molecule has 1 fully saturated rings. The molecule has 0 aliphatic heterocycles. The summed E-state index contributed by atoms with van der Waals surface area (Å²) in [6, 6.07) is 4.47. The lowest BCUT2D eigenvalue weighted by Crippen LogP contribution is -2.60. The smallest absolute Gasteiger partial charge is 0.126 e. The number of hydrogen-bond acceptors (Lipinski definition) is 4. The van der Waals surface area contributed by atoms with Crippen molar-refractivity contribution in [3.05, 3.63) is 23.9 Å². The number of hydrogen-bond donors (Lipinski definition) is 2. The predicted molar refractivity (Wildman–Crippen MR) is 78.4 cm³/mol. The summed E-state index contributed by atoms with van der Waals surface area (Å²) in [4.78, 5) is 4.47. The summed E-state index contributed by atoms with van der Waals surface area (Å²) in [5, 5.41) is 3.38. The summed E-state index contributed by atoms with van der Waals surface area (Å²) in [6.45, 7) is 9.29. The molecular weight excluding hydrogens is 238 g/mol. The van der Waals surface area contributed by atoms with E-state index in [2.05, 4.69) is 37.1 Å². The molecule has 19 heavy (non-hydrogen) atoms. The SMILES string of the molecule is CCOC1CC(N)C1Nc1ccc(C(C)(C)C)cn1. The lowest BCUT2D eigenvalue weighted by Gasteiger charge is -2.42. The highest BCUT2D eigenvalue weighted by Gasteiger charge is 2.39. The van der Waals surface area contributed by atoms with Crippen LogP contribution in [-0.2, 0) is 10.2 Å². The number of nitrogens with two attached hydrogens (primary N) is 1. The zero-order valence-electron chi connectivity index (χ0n) is 12.3. The van der Waals surface area contributed by atoms with Crippen LogP contribution in [0.3, 0.4) is 0 Å². The Morgan fingerprint density at radius 3 is 2.63 bits per heavy atom. The molecule has 1 saturated carbocycles. The van der Waals surface area contributed by atoms with Crippen molar-refractivity contribution in [1.82, 2.24) is 4.98 Å². The van der Waals surface area contributed by atoms with E-state index in [-0.39, 0.29) is 23.6 Å². The van der Waals surface area contributed by atoms with E-state index >= 15 is 0 Å². The van der Waals surface area contributed by atoms with Crippen LogP contribution in [0, 0.1) is 0 Å². The number of nitrogens with zero attached hydrogens (tertiary/aromatic N) is 1. The molecule has 106 valence electrons. The lowest BCUT2D eigenvalue weighted by atomic mass is 9.83. The fraction of sp³-hybridized carbons (Fsp3) is 0.667. The molecule has 0 radical (unpaired) electrons. The van der Waals surface area contributed by atoms with Gasteiger partial charge in [0.05, 0.1) is 12.1 Å². The molecule has 4 heteroatoms. The van der Waals surface area contributed by atoms with Crippen molar-refractivity contribution in [2.24, 2.45) is 5.73 Å². The molecule has 0 amide bonds. The van der Waals surface area contributed by atoms with Crippen LogP contribution >= 0.6 is 0 Å². The summed E-state index contributed by atoms with van der Waals surface area (Å²) in [6.07, 6.45) is 3.07. The van der Waals surface area contributed by atoms with Crippen LogP contribution in [0.5, 0.6) is 0 Å². The molecule has 1 aliphatic carbocycles. The second-order valence-corrected chi connectivity index (χ2v) is 6.25. The van der Waals surface area contributed by atoms with Crippen LogP contribution in [0.15, 0.2) is 18.3 Å². The summed E-state index contributed by atoms with van der Waals surface area (Å²) >= 11 is 0. The number of pyridine rings is 1. The molecule has 2 rings (SSSR count). The molecule has 0 bridgehead atoms. The van der Waals surface area contributed by atoms with Crippen LogP contribution in [0.25, 0.3) is 0 Å². The molecule has 4 nitrogen and oxygen atoms in total. The normalized spacial score (nSPS) is 26.9. The van der Waals surface area contributed by atoms with Gasteiger partial charge in [0.1, 0.15) is 5.82 Å². The standard InChI is InChI=1S/C15H25N3O/c1-5-19-12-8-11(16)14(12)18-13-7-6-10(9-17-13)15(2,3)4/h6-7,9,11-12,14H,5,8,16H2,1-4H3,(H,17,18). The van der Waals surface area contributed by atoms with E-state index in [0.717, 1.165) is 18.8 Å². The summed E-state index contributed by atoms with van der Waals surface area (Å²) < 4.78 is 5.64. The summed E-state index contributed by atoms with van der Waals surface area (Å²) in [7, 11) is 0. The van der Waals surface area contributed by atoms with Crippen molar-refractivity contribution in [3.8, 4) is 0 Å². The molecule has 0 aromatic carbocycles. The van der Waals surface area contributed by atoms with Gasteiger partial charge in [0.25, 0.3) is 0 Å². The number of nitrogens with one attached hydrogen (secondary N) is 1. The van der Waals surface area contributed by atoms with Crippen molar-refractivity contribution in [3.63, 3.8) is 0 Å². The van der Waals surface area contributed by atoms with Gasteiger partial charge in [0.2, 0.25) is 0 Å². The average molecular weight is 263 g/mol. The highest BCUT2D eigenvalue weighted by atomic mass is 16.5. The van der Waals surface area contributed by atoms with E-state index in [1.165, 1.54) is 5.56 Å². The zero-order valence-corrected chi connectivity index (χ0v) is 12.3. The maximum atomic E-state index is 6.02. The summed E-state index contributed by atoms with van der Waals surface area (Å²) in [5.74, 6) is 0.873. The third-order valence-corrected chi connectivity index (χ3v) is 3.69. The van der Waals surface area contributed by atoms with Crippen molar-refractivity contribution < 1.29 is 4.74 Å². The maximum Gasteiger partial charge on any atom is 0.126 e. The van der Waals surface area contributed by atoms with E-state index in [4.69, 9.17) is 10.5 Å². The van der Waals surface area contributed by atoms with Gasteiger partial charge in [-0.2, -0.15) is 0 Å². The number of rotatable bonds is 4. The zero-order chi connectivity index (χ0) is 14.0. The number of anilines is 1. The van der Waals surface area contributed by atoms with Gasteiger partial charge in [-0.3, -0.25) is 0 Å². The monoisotopic (exact) mass is 263 g/mol. The third kappa shape index (κ3) is 3.25. The molecule has 1 aromatic rings. The van der Waals surface area contributed by atoms with Gasteiger partial charge in [-0.1, -0.05) is 26.8 Å². The molecule has 0 saturated heterocycles. The van der Waals surface area contributed by atoms with Crippen molar-refractivity contribution >= 4 is 5.82 Å². The second-order valence-electron chi connectivity index (χ2n) is 6.25. The predicted octanol–water partition coefficient (Wildman–Crippen LogP) is 2.30. The third-order valence-electron chi connectivity index (χ3n) is 3.69. The number of aromatic nitrogens is 1. The maximum absolute atomic E-state index is 6.02. The topological polar surface area (TPSA) is 60.2 Å². The van der Waals surface area contributed by atoms with E-state index in [0.29, 0.717) is 0 Å². The van der Waals surface area contributed by atoms with Gasteiger partial charge in [-0.05, 0) is 30.4 Å².